The minimum atomic E-state index is -1.10. The summed E-state index contributed by atoms with van der Waals surface area (Å²) in [5, 5.41) is 0.518. The van der Waals surface area contributed by atoms with Gasteiger partial charge in [0.25, 0.3) is 0 Å². The summed E-state index contributed by atoms with van der Waals surface area (Å²) in [6.45, 7) is 0. The molecule has 0 unspecified atom stereocenters. The highest BCUT2D eigenvalue weighted by Crippen LogP contribution is 2.25. The minimum absolute atomic E-state index is 0.000764. The Labute approximate surface area is 106 Å². The largest absolute Gasteiger partial charge is 0.442 e. The zero-order valence-corrected chi connectivity index (χ0v) is 9.55. The smallest absolute Gasteiger partial charge is 0.397 e. The molecule has 6 nitrogen and oxygen atoms in total. The molecule has 0 saturated heterocycles. The van der Waals surface area contributed by atoms with Crippen LogP contribution in [0.15, 0.2) is 30.5 Å². The van der Waals surface area contributed by atoms with Gasteiger partial charge in [0.2, 0.25) is 5.88 Å². The van der Waals surface area contributed by atoms with Crippen molar-refractivity contribution in [2.24, 2.45) is 0 Å². The summed E-state index contributed by atoms with van der Waals surface area (Å²) < 4.78 is 5.76. The Hall–Kier alpha value is -2.34. The Bertz CT molecular complexity index is 665. The van der Waals surface area contributed by atoms with Crippen LogP contribution in [-0.2, 0) is 9.59 Å². The Balaban J connectivity index is 2.11. The van der Waals surface area contributed by atoms with Crippen molar-refractivity contribution in [1.29, 1.82) is 0 Å². The summed E-state index contributed by atoms with van der Waals surface area (Å²) in [7, 11) is 0. The normalized spacial score (nSPS) is 13.8. The van der Waals surface area contributed by atoms with Crippen molar-refractivity contribution in [3.05, 3.63) is 35.5 Å². The summed E-state index contributed by atoms with van der Waals surface area (Å²) in [4.78, 5) is 31.1. The fourth-order valence-electron chi connectivity index (χ4n) is 1.55. The molecule has 18 heavy (non-hydrogen) atoms. The van der Waals surface area contributed by atoms with Gasteiger partial charge in [-0.1, -0.05) is 23.7 Å². The van der Waals surface area contributed by atoms with Crippen LogP contribution >= 0.6 is 11.6 Å². The number of hydrogen-bond donors (Lipinski definition) is 0. The Morgan fingerprint density at radius 1 is 1.22 bits per heavy atom. The number of aromatic nitrogens is 2. The topological polar surface area (TPSA) is 70.4 Å². The fraction of sp³-hybridized carbons (Fsp3) is 0. The molecule has 0 saturated carbocycles. The third-order valence-corrected chi connectivity index (χ3v) is 2.52. The number of benzene rings is 1. The van der Waals surface area contributed by atoms with Crippen molar-refractivity contribution in [2.45, 2.75) is 0 Å². The number of halogens is 1. The quantitative estimate of drug-likeness (QED) is 0.569. The summed E-state index contributed by atoms with van der Waals surface area (Å²) in [5.74, 6) is -1.87. The first-order valence-electron chi connectivity index (χ1n) is 4.93. The third kappa shape index (κ3) is 1.72. The Kier molecular flexibility index (Phi) is 2.31. The Morgan fingerprint density at radius 2 is 2.06 bits per heavy atom. The van der Waals surface area contributed by atoms with E-state index in [-0.39, 0.29) is 5.88 Å². The molecule has 1 aliphatic heterocycles. The van der Waals surface area contributed by atoms with Gasteiger partial charge in [0.05, 0.1) is 0 Å². The van der Waals surface area contributed by atoms with Crippen molar-refractivity contribution in [1.82, 2.24) is 9.71 Å². The van der Waals surface area contributed by atoms with Gasteiger partial charge in [0.1, 0.15) is 6.20 Å². The van der Waals surface area contributed by atoms with Crippen LogP contribution < -0.4 is 9.57 Å². The monoisotopic (exact) mass is 264 g/mol. The Morgan fingerprint density at radius 3 is 2.83 bits per heavy atom. The average molecular weight is 265 g/mol. The van der Waals surface area contributed by atoms with E-state index in [9.17, 15) is 9.59 Å². The van der Waals surface area contributed by atoms with E-state index < -0.39 is 11.9 Å². The second-order valence-corrected chi connectivity index (χ2v) is 3.94. The molecule has 0 spiro atoms. The van der Waals surface area contributed by atoms with Crippen LogP contribution in [0, 0.1) is 0 Å². The van der Waals surface area contributed by atoms with Crippen LogP contribution in [0.4, 0.5) is 0 Å². The van der Waals surface area contributed by atoms with Crippen LogP contribution in [-0.4, -0.2) is 21.7 Å². The maximum absolute atomic E-state index is 11.2. The van der Waals surface area contributed by atoms with Crippen molar-refractivity contribution in [3.8, 4) is 17.3 Å². The molecule has 0 aliphatic carbocycles. The number of hydrogen-bond acceptors (Lipinski definition) is 5. The van der Waals surface area contributed by atoms with E-state index in [4.69, 9.17) is 16.4 Å². The van der Waals surface area contributed by atoms with E-state index >= 15 is 0 Å². The van der Waals surface area contributed by atoms with Gasteiger partial charge in [-0.05, 0) is 12.1 Å². The van der Waals surface area contributed by atoms with Gasteiger partial charge >= 0.3 is 11.9 Å². The zero-order chi connectivity index (χ0) is 12.7. The highest BCUT2D eigenvalue weighted by molar-refractivity contribution is 6.31. The number of rotatable bonds is 1. The van der Waals surface area contributed by atoms with E-state index in [2.05, 4.69) is 9.72 Å². The molecule has 2 bridgehead atoms. The molecule has 0 N–H and O–H groups in total. The molecule has 0 amide bonds. The summed E-state index contributed by atoms with van der Waals surface area (Å²) in [6, 6.07) is 6.83. The molecule has 1 aliphatic rings. The second-order valence-electron chi connectivity index (χ2n) is 3.51. The van der Waals surface area contributed by atoms with Crippen molar-refractivity contribution < 1.29 is 19.2 Å². The number of carbonyl (C=O) groups is 2. The van der Waals surface area contributed by atoms with Gasteiger partial charge in [-0.3, -0.25) is 0 Å². The number of fused-ring (bicyclic) bond motifs is 2. The van der Waals surface area contributed by atoms with Gasteiger partial charge in [0.15, 0.2) is 5.82 Å². The fourth-order valence-corrected chi connectivity index (χ4v) is 1.74. The molecule has 0 atom stereocenters. The molecule has 3 rings (SSSR count). The lowest BCUT2D eigenvalue weighted by atomic mass is 10.2. The van der Waals surface area contributed by atoms with Crippen molar-refractivity contribution in [2.75, 3.05) is 0 Å². The number of ether oxygens (including phenoxy) is 1. The maximum Gasteiger partial charge on any atom is 0.442 e. The van der Waals surface area contributed by atoms with Crippen LogP contribution in [0.25, 0.3) is 11.4 Å². The van der Waals surface area contributed by atoms with Gasteiger partial charge < -0.3 is 9.57 Å². The van der Waals surface area contributed by atoms with Gasteiger partial charge in [-0.2, -0.15) is 9.71 Å². The van der Waals surface area contributed by atoms with E-state index in [0.717, 1.165) is 4.73 Å². The first-order chi connectivity index (χ1) is 8.63. The first-order valence-corrected chi connectivity index (χ1v) is 5.31. The second kappa shape index (κ2) is 3.85. The average Bonchev–Trinajstić information content (AvgIpc) is 2.65. The molecular weight excluding hydrogens is 260 g/mol. The predicted molar refractivity (Wildman–Crippen MR) is 59.9 cm³/mol. The third-order valence-electron chi connectivity index (χ3n) is 2.28. The number of carbonyl (C=O) groups excluding carboxylic acids is 2. The van der Waals surface area contributed by atoms with Crippen LogP contribution in [0.2, 0.25) is 5.02 Å². The molecular formula is C11H5ClN2O4. The summed E-state index contributed by atoms with van der Waals surface area (Å²) in [6.07, 6.45) is 1.30. The molecule has 7 heteroatoms. The number of imidazole rings is 1. The SMILES string of the molecule is O=C1Oc2cn(c(-c3cccc(Cl)c3)n2)OC1=O. The van der Waals surface area contributed by atoms with Crippen molar-refractivity contribution >= 4 is 23.5 Å². The first kappa shape index (κ1) is 10.8. The molecule has 1 aromatic carbocycles. The van der Waals surface area contributed by atoms with E-state index in [1.165, 1.54) is 6.20 Å². The lowest BCUT2D eigenvalue weighted by Crippen LogP contribution is -2.30. The minimum Gasteiger partial charge on any atom is -0.397 e. The predicted octanol–water partition coefficient (Wildman–Crippen LogP) is 1.08. The van der Waals surface area contributed by atoms with E-state index in [1.54, 1.807) is 24.3 Å². The molecule has 2 heterocycles. The van der Waals surface area contributed by atoms with Crippen LogP contribution in [0.3, 0.4) is 0 Å². The van der Waals surface area contributed by atoms with Gasteiger partial charge in [-0.15, -0.1) is 0 Å². The van der Waals surface area contributed by atoms with Crippen LogP contribution in [0.5, 0.6) is 5.88 Å². The lowest BCUT2D eigenvalue weighted by molar-refractivity contribution is -0.161. The van der Waals surface area contributed by atoms with Crippen molar-refractivity contribution in [3.63, 3.8) is 0 Å². The molecule has 1 aromatic heterocycles. The highest BCUT2D eigenvalue weighted by Gasteiger charge is 2.28. The molecule has 90 valence electrons. The number of nitrogens with zero attached hydrogens (tertiary/aromatic N) is 2. The van der Waals surface area contributed by atoms with Gasteiger partial charge in [-0.25, -0.2) is 9.59 Å². The zero-order valence-electron chi connectivity index (χ0n) is 8.79. The highest BCUT2D eigenvalue weighted by atomic mass is 35.5. The van der Waals surface area contributed by atoms with Crippen LogP contribution in [0.1, 0.15) is 0 Å². The molecule has 0 fully saturated rings. The summed E-state index contributed by atoms with van der Waals surface area (Å²) in [5.41, 5.74) is 0.638. The lowest BCUT2D eigenvalue weighted by Gasteiger charge is -2.06. The molecule has 0 radical (unpaired) electrons. The standard InChI is InChI=1S/C11H5ClN2O4/c12-7-3-1-2-6(4-7)9-13-8-5-14(9)18-11(16)10(15)17-8/h1-5H. The molecule has 2 aromatic rings. The number of esters is 1. The summed E-state index contributed by atoms with van der Waals surface area (Å²) >= 11 is 5.87. The van der Waals surface area contributed by atoms with E-state index in [1.807, 2.05) is 0 Å². The van der Waals surface area contributed by atoms with E-state index in [0.29, 0.717) is 16.4 Å². The van der Waals surface area contributed by atoms with Gasteiger partial charge in [0, 0.05) is 10.6 Å². The maximum atomic E-state index is 11.2.